The van der Waals surface area contributed by atoms with Crippen molar-refractivity contribution in [3.8, 4) is 0 Å². The number of nitrogens with zero attached hydrogens (tertiary/aromatic N) is 1. The van der Waals surface area contributed by atoms with Crippen molar-refractivity contribution in [2.75, 3.05) is 23.7 Å². The van der Waals surface area contributed by atoms with Crippen LogP contribution in [0.25, 0.3) is 0 Å². The first kappa shape index (κ1) is 9.94. The largest absolute Gasteiger partial charge is 0.396 e. The Balaban J connectivity index is 1.73. The molecule has 0 amide bonds. The molecule has 0 bridgehead atoms. The van der Waals surface area contributed by atoms with E-state index in [-0.39, 0.29) is 11.5 Å². The van der Waals surface area contributed by atoms with Crippen molar-refractivity contribution in [3.05, 3.63) is 24.0 Å². The van der Waals surface area contributed by atoms with Gasteiger partial charge in [-0.15, -0.1) is 0 Å². The molecular weight excluding hydrogens is 203 g/mol. The SMILES string of the molecule is Nc1ccc(N2CC3(CCCC3)C2)cc1F. The summed E-state index contributed by atoms with van der Waals surface area (Å²) in [5, 5.41) is 0. The maximum Gasteiger partial charge on any atom is 0.148 e. The van der Waals surface area contributed by atoms with Crippen molar-refractivity contribution in [2.45, 2.75) is 25.7 Å². The van der Waals surface area contributed by atoms with E-state index in [9.17, 15) is 4.39 Å². The topological polar surface area (TPSA) is 29.3 Å². The number of nitrogens with two attached hydrogens (primary N) is 1. The number of rotatable bonds is 1. The summed E-state index contributed by atoms with van der Waals surface area (Å²) in [6.45, 7) is 2.19. The van der Waals surface area contributed by atoms with Gasteiger partial charge in [0.15, 0.2) is 0 Å². The normalized spacial score (nSPS) is 22.4. The number of anilines is 2. The second-order valence-corrected chi connectivity index (χ2v) is 5.27. The lowest BCUT2D eigenvalue weighted by Gasteiger charge is -2.49. The van der Waals surface area contributed by atoms with Gasteiger partial charge in [0.25, 0.3) is 0 Å². The fourth-order valence-corrected chi connectivity index (χ4v) is 3.10. The highest BCUT2D eigenvalue weighted by Gasteiger charge is 2.44. The number of hydrogen-bond acceptors (Lipinski definition) is 2. The Labute approximate surface area is 95.2 Å². The van der Waals surface area contributed by atoms with Crippen LogP contribution in [0.2, 0.25) is 0 Å². The minimum atomic E-state index is -0.301. The van der Waals surface area contributed by atoms with Crippen molar-refractivity contribution < 1.29 is 4.39 Å². The van der Waals surface area contributed by atoms with Gasteiger partial charge in [-0.25, -0.2) is 4.39 Å². The second-order valence-electron chi connectivity index (χ2n) is 5.27. The molecule has 1 aliphatic carbocycles. The van der Waals surface area contributed by atoms with Gasteiger partial charge in [0, 0.05) is 24.2 Å². The van der Waals surface area contributed by atoms with Gasteiger partial charge in [-0.2, -0.15) is 0 Å². The Bertz CT molecular complexity index is 402. The predicted octanol–water partition coefficient (Wildman–Crippen LogP) is 2.79. The standard InChI is InChI=1S/C13H17FN2/c14-11-7-10(3-4-12(11)15)16-8-13(9-16)5-1-2-6-13/h3-4,7H,1-2,5-6,8-9,15H2. The van der Waals surface area contributed by atoms with E-state index >= 15 is 0 Å². The fourth-order valence-electron chi connectivity index (χ4n) is 3.10. The Hall–Kier alpha value is -1.25. The maximum atomic E-state index is 13.3. The maximum absolute atomic E-state index is 13.3. The molecule has 0 aromatic heterocycles. The van der Waals surface area contributed by atoms with Gasteiger partial charge in [-0.05, 0) is 31.0 Å². The molecular formula is C13H17FN2. The Kier molecular flexibility index (Phi) is 2.09. The minimum Gasteiger partial charge on any atom is -0.396 e. The molecule has 1 aliphatic heterocycles. The predicted molar refractivity (Wildman–Crippen MR) is 63.9 cm³/mol. The molecule has 2 aliphatic rings. The average molecular weight is 220 g/mol. The third-order valence-electron chi connectivity index (χ3n) is 4.07. The molecule has 0 radical (unpaired) electrons. The van der Waals surface area contributed by atoms with E-state index in [1.165, 1.54) is 25.7 Å². The van der Waals surface area contributed by atoms with E-state index in [1.807, 2.05) is 6.07 Å². The summed E-state index contributed by atoms with van der Waals surface area (Å²) in [7, 11) is 0. The molecule has 0 atom stereocenters. The summed E-state index contributed by atoms with van der Waals surface area (Å²) in [5.41, 5.74) is 7.24. The first-order valence-corrected chi connectivity index (χ1v) is 5.99. The molecule has 86 valence electrons. The summed E-state index contributed by atoms with van der Waals surface area (Å²) in [6.07, 6.45) is 5.43. The highest BCUT2D eigenvalue weighted by molar-refractivity contribution is 5.56. The molecule has 1 saturated carbocycles. The third kappa shape index (κ3) is 1.46. The zero-order valence-electron chi connectivity index (χ0n) is 9.38. The molecule has 1 heterocycles. The Morgan fingerprint density at radius 3 is 2.50 bits per heavy atom. The van der Waals surface area contributed by atoms with Crippen LogP contribution >= 0.6 is 0 Å². The zero-order valence-corrected chi connectivity index (χ0v) is 9.38. The molecule has 2 fully saturated rings. The van der Waals surface area contributed by atoms with Crippen LogP contribution in [0.1, 0.15) is 25.7 Å². The molecule has 16 heavy (non-hydrogen) atoms. The van der Waals surface area contributed by atoms with Gasteiger partial charge < -0.3 is 10.6 Å². The Morgan fingerprint density at radius 1 is 1.19 bits per heavy atom. The van der Waals surface area contributed by atoms with Crippen molar-refractivity contribution in [3.63, 3.8) is 0 Å². The summed E-state index contributed by atoms with van der Waals surface area (Å²) in [5.74, 6) is -0.301. The van der Waals surface area contributed by atoms with Gasteiger partial charge >= 0.3 is 0 Å². The number of benzene rings is 1. The fraction of sp³-hybridized carbons (Fsp3) is 0.538. The van der Waals surface area contributed by atoms with Crippen LogP contribution in [0.5, 0.6) is 0 Å². The molecule has 2 N–H and O–H groups in total. The van der Waals surface area contributed by atoms with E-state index in [0.717, 1.165) is 18.8 Å². The van der Waals surface area contributed by atoms with Crippen LogP contribution in [0, 0.1) is 11.2 Å². The number of halogens is 1. The second kappa shape index (κ2) is 3.37. The van der Waals surface area contributed by atoms with Gasteiger partial charge in [0.1, 0.15) is 5.82 Å². The lowest BCUT2D eigenvalue weighted by molar-refractivity contribution is 0.222. The minimum absolute atomic E-state index is 0.236. The van der Waals surface area contributed by atoms with Crippen LogP contribution in [-0.2, 0) is 0 Å². The molecule has 1 aromatic rings. The molecule has 1 spiro atoms. The molecule has 3 rings (SSSR count). The van der Waals surface area contributed by atoms with Gasteiger partial charge in [-0.1, -0.05) is 12.8 Å². The lowest BCUT2D eigenvalue weighted by Crippen LogP contribution is -2.55. The van der Waals surface area contributed by atoms with E-state index < -0.39 is 0 Å². The van der Waals surface area contributed by atoms with Crippen LogP contribution in [0.3, 0.4) is 0 Å². The zero-order chi connectivity index (χ0) is 11.2. The van der Waals surface area contributed by atoms with Crippen LogP contribution in [0.15, 0.2) is 18.2 Å². The van der Waals surface area contributed by atoms with E-state index in [1.54, 1.807) is 12.1 Å². The van der Waals surface area contributed by atoms with Crippen LogP contribution in [-0.4, -0.2) is 13.1 Å². The quantitative estimate of drug-likeness (QED) is 0.737. The van der Waals surface area contributed by atoms with Crippen molar-refractivity contribution in [2.24, 2.45) is 5.41 Å². The molecule has 1 saturated heterocycles. The van der Waals surface area contributed by atoms with Crippen molar-refractivity contribution in [1.29, 1.82) is 0 Å². The highest BCUT2D eigenvalue weighted by Crippen LogP contribution is 2.46. The summed E-state index contributed by atoms with van der Waals surface area (Å²) in [4.78, 5) is 2.26. The van der Waals surface area contributed by atoms with Crippen molar-refractivity contribution in [1.82, 2.24) is 0 Å². The van der Waals surface area contributed by atoms with Crippen LogP contribution < -0.4 is 10.6 Å². The molecule has 2 nitrogen and oxygen atoms in total. The monoisotopic (exact) mass is 220 g/mol. The smallest absolute Gasteiger partial charge is 0.148 e. The van der Waals surface area contributed by atoms with Crippen LogP contribution in [0.4, 0.5) is 15.8 Å². The van der Waals surface area contributed by atoms with E-state index in [0.29, 0.717) is 5.41 Å². The van der Waals surface area contributed by atoms with E-state index in [4.69, 9.17) is 5.73 Å². The summed E-state index contributed by atoms with van der Waals surface area (Å²) < 4.78 is 13.3. The van der Waals surface area contributed by atoms with Gasteiger partial charge in [-0.3, -0.25) is 0 Å². The molecule has 1 aromatic carbocycles. The summed E-state index contributed by atoms with van der Waals surface area (Å²) >= 11 is 0. The average Bonchev–Trinajstić information content (AvgIpc) is 2.69. The third-order valence-corrected chi connectivity index (χ3v) is 4.07. The van der Waals surface area contributed by atoms with Gasteiger partial charge in [0.2, 0.25) is 0 Å². The summed E-state index contributed by atoms with van der Waals surface area (Å²) in [6, 6.07) is 5.13. The first-order chi connectivity index (χ1) is 7.69. The number of hydrogen-bond donors (Lipinski definition) is 1. The van der Waals surface area contributed by atoms with Crippen molar-refractivity contribution >= 4 is 11.4 Å². The molecule has 0 unspecified atom stereocenters. The number of nitrogen functional groups attached to an aromatic ring is 1. The highest BCUT2D eigenvalue weighted by atomic mass is 19.1. The lowest BCUT2D eigenvalue weighted by atomic mass is 9.78. The molecule has 3 heteroatoms. The first-order valence-electron chi connectivity index (χ1n) is 5.99. The van der Waals surface area contributed by atoms with E-state index in [2.05, 4.69) is 4.90 Å². The Morgan fingerprint density at radius 2 is 1.88 bits per heavy atom. The van der Waals surface area contributed by atoms with Gasteiger partial charge in [0.05, 0.1) is 5.69 Å².